The number of hydrogen-bond donors (Lipinski definition) is 1. The Morgan fingerprint density at radius 2 is 1.94 bits per heavy atom. The van der Waals surface area contributed by atoms with Crippen molar-refractivity contribution in [1.29, 1.82) is 0 Å². The number of ether oxygens (including phenoxy) is 2. The number of rotatable bonds is 7. The van der Waals surface area contributed by atoms with Crippen LogP contribution in [-0.4, -0.2) is 41.8 Å². The second kappa shape index (κ2) is 9.26. The van der Waals surface area contributed by atoms with Crippen molar-refractivity contribution in [2.45, 2.75) is 19.3 Å². The van der Waals surface area contributed by atoms with Gasteiger partial charge in [-0.2, -0.15) is 0 Å². The topological polar surface area (TPSA) is 84.9 Å². The van der Waals surface area contributed by atoms with E-state index in [1.54, 1.807) is 24.3 Å². The van der Waals surface area contributed by atoms with Gasteiger partial charge < -0.3 is 14.8 Å². The predicted octanol–water partition coefficient (Wildman–Crippen LogP) is 3.76. The molecular weight excluding hydrogens is 416 g/mol. The Kier molecular flexibility index (Phi) is 6.27. The van der Waals surface area contributed by atoms with E-state index < -0.39 is 0 Å². The van der Waals surface area contributed by atoms with Gasteiger partial charge in [-0.05, 0) is 47.5 Å². The number of carbonyl (C=O) groups excluding carboxylic acids is 3. The van der Waals surface area contributed by atoms with Crippen LogP contribution >= 0.6 is 11.8 Å². The second-order valence-electron chi connectivity index (χ2n) is 7.11. The first-order valence-corrected chi connectivity index (χ1v) is 10.9. The van der Waals surface area contributed by atoms with Crippen LogP contribution < -0.4 is 14.8 Å². The minimum Gasteiger partial charge on any atom is -0.454 e. The fraction of sp³-hybridized carbons (Fsp3) is 0.261. The van der Waals surface area contributed by atoms with E-state index in [0.717, 1.165) is 27.8 Å². The van der Waals surface area contributed by atoms with E-state index in [9.17, 15) is 14.4 Å². The molecule has 1 atom stereocenters. The van der Waals surface area contributed by atoms with Gasteiger partial charge >= 0.3 is 0 Å². The van der Waals surface area contributed by atoms with Crippen molar-refractivity contribution in [1.82, 2.24) is 10.2 Å². The monoisotopic (exact) mass is 438 g/mol. The van der Waals surface area contributed by atoms with Crippen LogP contribution in [0.4, 0.5) is 4.79 Å². The fourth-order valence-electron chi connectivity index (χ4n) is 3.52. The first-order chi connectivity index (χ1) is 15.1. The van der Waals surface area contributed by atoms with Gasteiger partial charge in [0.2, 0.25) is 12.7 Å². The van der Waals surface area contributed by atoms with Crippen LogP contribution in [0.3, 0.4) is 0 Å². The minimum atomic E-state index is -0.364. The molecule has 2 aromatic carbocycles. The van der Waals surface area contributed by atoms with Crippen molar-refractivity contribution in [3.05, 3.63) is 64.6 Å². The predicted molar refractivity (Wildman–Crippen MR) is 118 cm³/mol. The Balaban J connectivity index is 1.35. The van der Waals surface area contributed by atoms with Gasteiger partial charge in [0.15, 0.2) is 11.5 Å². The molecule has 0 spiro atoms. The van der Waals surface area contributed by atoms with Crippen molar-refractivity contribution in [2.24, 2.45) is 0 Å². The summed E-state index contributed by atoms with van der Waals surface area (Å²) in [7, 11) is 0. The van der Waals surface area contributed by atoms with Crippen molar-refractivity contribution in [2.75, 3.05) is 19.9 Å². The summed E-state index contributed by atoms with van der Waals surface area (Å²) in [6.07, 6.45) is 2.32. The van der Waals surface area contributed by atoms with Crippen molar-refractivity contribution >= 4 is 34.9 Å². The normalized spacial score (nSPS) is 17.3. The van der Waals surface area contributed by atoms with Gasteiger partial charge in [-0.1, -0.05) is 43.3 Å². The summed E-state index contributed by atoms with van der Waals surface area (Å²) in [5, 5.41) is 2.50. The Hall–Kier alpha value is -3.26. The lowest BCUT2D eigenvalue weighted by Gasteiger charge is -2.17. The summed E-state index contributed by atoms with van der Waals surface area (Å²) >= 11 is 0.890. The molecule has 7 nitrogen and oxygen atoms in total. The first-order valence-electron chi connectivity index (χ1n) is 10.0. The average Bonchev–Trinajstić information content (AvgIpc) is 3.34. The summed E-state index contributed by atoms with van der Waals surface area (Å²) in [6, 6.07) is 14.9. The minimum absolute atomic E-state index is 0.114. The standard InChI is InChI=1S/C23H22N2O5S/c1-2-17(16-6-4-3-5-7-16)21(26)24-10-11-25-22(27)20(31-23(25)28)13-15-8-9-18-19(12-15)30-14-29-18/h3-9,12-13,17H,2,10-11,14H2,1H3,(H,24,26)/b20-13+/t17-/m1/s1. The number of hydrogen-bond acceptors (Lipinski definition) is 6. The average molecular weight is 439 g/mol. The second-order valence-corrected chi connectivity index (χ2v) is 8.10. The molecule has 31 heavy (non-hydrogen) atoms. The molecule has 8 heteroatoms. The molecule has 0 radical (unpaired) electrons. The lowest BCUT2D eigenvalue weighted by Crippen LogP contribution is -2.38. The third-order valence-electron chi connectivity index (χ3n) is 5.13. The van der Waals surface area contributed by atoms with E-state index in [1.165, 1.54) is 0 Å². The van der Waals surface area contributed by atoms with Gasteiger partial charge in [0.05, 0.1) is 10.8 Å². The first kappa shape index (κ1) is 21.0. The Morgan fingerprint density at radius 3 is 2.71 bits per heavy atom. The van der Waals surface area contributed by atoms with E-state index in [1.807, 2.05) is 37.3 Å². The van der Waals surface area contributed by atoms with E-state index in [2.05, 4.69) is 5.32 Å². The number of thioether (sulfide) groups is 1. The molecule has 0 aliphatic carbocycles. The third-order valence-corrected chi connectivity index (χ3v) is 6.04. The van der Waals surface area contributed by atoms with Crippen LogP contribution in [0.2, 0.25) is 0 Å². The molecule has 1 N–H and O–H groups in total. The highest BCUT2D eigenvalue weighted by atomic mass is 32.2. The molecule has 3 amide bonds. The van der Waals surface area contributed by atoms with E-state index in [-0.39, 0.29) is 42.9 Å². The van der Waals surface area contributed by atoms with Gasteiger partial charge in [-0.15, -0.1) is 0 Å². The molecule has 2 heterocycles. The Labute approximate surface area is 184 Å². The highest BCUT2D eigenvalue weighted by Crippen LogP contribution is 2.36. The van der Waals surface area contributed by atoms with Crippen LogP contribution in [0, 0.1) is 0 Å². The summed E-state index contributed by atoms with van der Waals surface area (Å²) in [6.45, 7) is 2.45. The molecule has 2 aromatic rings. The number of nitrogens with one attached hydrogen (secondary N) is 1. The molecule has 4 rings (SSSR count). The lowest BCUT2D eigenvalue weighted by atomic mass is 9.96. The molecule has 0 aromatic heterocycles. The highest BCUT2D eigenvalue weighted by molar-refractivity contribution is 8.18. The van der Waals surface area contributed by atoms with Gasteiger partial charge in [-0.3, -0.25) is 19.3 Å². The Morgan fingerprint density at radius 1 is 1.16 bits per heavy atom. The largest absolute Gasteiger partial charge is 0.454 e. The number of benzene rings is 2. The lowest BCUT2D eigenvalue weighted by molar-refractivity contribution is -0.125. The Bertz CT molecular complexity index is 1040. The maximum atomic E-state index is 12.7. The van der Waals surface area contributed by atoms with Crippen molar-refractivity contribution in [3.8, 4) is 11.5 Å². The third kappa shape index (κ3) is 4.59. The smallest absolute Gasteiger partial charge is 0.293 e. The summed E-state index contributed by atoms with van der Waals surface area (Å²) in [5.41, 5.74) is 1.69. The van der Waals surface area contributed by atoms with E-state index in [0.29, 0.717) is 22.8 Å². The maximum absolute atomic E-state index is 12.7. The number of amides is 3. The molecule has 1 fully saturated rings. The van der Waals surface area contributed by atoms with Gasteiger partial charge in [0.25, 0.3) is 11.1 Å². The molecule has 0 bridgehead atoms. The van der Waals surface area contributed by atoms with Crippen LogP contribution in [0.1, 0.15) is 30.4 Å². The van der Waals surface area contributed by atoms with Crippen molar-refractivity contribution < 1.29 is 23.9 Å². The number of carbonyl (C=O) groups is 3. The zero-order chi connectivity index (χ0) is 21.8. The molecular formula is C23H22N2O5S. The van der Waals surface area contributed by atoms with Gasteiger partial charge in [0.1, 0.15) is 0 Å². The molecule has 2 aliphatic rings. The molecule has 2 aliphatic heterocycles. The zero-order valence-electron chi connectivity index (χ0n) is 17.0. The zero-order valence-corrected chi connectivity index (χ0v) is 17.8. The van der Waals surface area contributed by atoms with Crippen LogP contribution in [-0.2, 0) is 9.59 Å². The fourth-order valence-corrected chi connectivity index (χ4v) is 4.38. The SMILES string of the molecule is CC[C@@H](C(=O)NCCN1C(=O)S/C(=C/c2ccc3c(c2)OCO3)C1=O)c1ccccc1. The summed E-state index contributed by atoms with van der Waals surface area (Å²) < 4.78 is 10.6. The molecule has 1 saturated heterocycles. The maximum Gasteiger partial charge on any atom is 0.293 e. The molecule has 0 saturated carbocycles. The van der Waals surface area contributed by atoms with E-state index >= 15 is 0 Å². The van der Waals surface area contributed by atoms with Crippen molar-refractivity contribution in [3.63, 3.8) is 0 Å². The van der Waals surface area contributed by atoms with E-state index in [4.69, 9.17) is 9.47 Å². The summed E-state index contributed by atoms with van der Waals surface area (Å²) in [5.74, 6) is 0.525. The molecule has 0 unspecified atom stereocenters. The number of nitrogens with zero attached hydrogens (tertiary/aromatic N) is 1. The summed E-state index contributed by atoms with van der Waals surface area (Å²) in [4.78, 5) is 39.1. The number of imide groups is 1. The number of fused-ring (bicyclic) bond motifs is 1. The van der Waals surface area contributed by atoms with Gasteiger partial charge in [-0.25, -0.2) is 0 Å². The molecule has 160 valence electrons. The quantitative estimate of drug-likeness (QED) is 0.663. The van der Waals surface area contributed by atoms with Crippen LogP contribution in [0.5, 0.6) is 11.5 Å². The van der Waals surface area contributed by atoms with Crippen LogP contribution in [0.25, 0.3) is 6.08 Å². The highest BCUT2D eigenvalue weighted by Gasteiger charge is 2.35. The van der Waals surface area contributed by atoms with Gasteiger partial charge in [0, 0.05) is 13.1 Å². The van der Waals surface area contributed by atoms with Crippen LogP contribution in [0.15, 0.2) is 53.4 Å².